The number of Topliss-reactive ketones (excluding diaryl/α,β-unsaturated/α-hetero) is 1. The number of rotatable bonds is 6. The highest BCUT2D eigenvalue weighted by molar-refractivity contribution is 9.10. The van der Waals surface area contributed by atoms with E-state index in [1.807, 2.05) is 30.3 Å². The zero-order chi connectivity index (χ0) is 19.4. The van der Waals surface area contributed by atoms with Crippen molar-refractivity contribution in [2.24, 2.45) is 0 Å². The minimum absolute atomic E-state index is 0.101. The van der Waals surface area contributed by atoms with Gasteiger partial charge < -0.3 is 5.32 Å². The van der Waals surface area contributed by atoms with Crippen molar-refractivity contribution in [1.29, 1.82) is 0 Å². The van der Waals surface area contributed by atoms with Gasteiger partial charge in [-0.1, -0.05) is 45.2 Å². The Morgan fingerprint density at radius 1 is 0.963 bits per heavy atom. The number of carbonyl (C=O) groups excluding carboxylic acids is 1. The van der Waals surface area contributed by atoms with E-state index in [1.54, 1.807) is 12.1 Å². The van der Waals surface area contributed by atoms with Crippen LogP contribution in [0.4, 0.5) is 10.1 Å². The number of hydrogen-bond acceptors (Lipinski definition) is 2. The molecule has 1 atom stereocenters. The Morgan fingerprint density at radius 2 is 1.63 bits per heavy atom. The molecule has 0 aromatic heterocycles. The smallest absolute Gasteiger partial charge is 0.165 e. The number of ketones is 1. The van der Waals surface area contributed by atoms with Crippen LogP contribution in [0, 0.1) is 5.82 Å². The largest absolute Gasteiger partial charge is 0.378 e. The third-order valence-electron chi connectivity index (χ3n) is 4.09. The average molecular weight is 467 g/mol. The first-order chi connectivity index (χ1) is 12.9. The minimum atomic E-state index is -0.374. The standard InChI is InChI=1S/C21H15BrCl2FNO/c22-15-4-8-17(9-5-15)26-20(14-3-10-18(23)19(24)11-14)12-21(27)13-1-6-16(25)7-2-13/h1-11,20,26H,12H2. The first-order valence-electron chi connectivity index (χ1n) is 8.18. The molecule has 0 bridgehead atoms. The molecule has 1 unspecified atom stereocenters. The molecular weight excluding hydrogens is 452 g/mol. The van der Waals surface area contributed by atoms with Gasteiger partial charge in [0.25, 0.3) is 0 Å². The van der Waals surface area contributed by atoms with Gasteiger partial charge in [0.05, 0.1) is 16.1 Å². The van der Waals surface area contributed by atoms with Crippen molar-refractivity contribution in [3.63, 3.8) is 0 Å². The zero-order valence-corrected chi connectivity index (χ0v) is 17.2. The van der Waals surface area contributed by atoms with E-state index in [-0.39, 0.29) is 24.1 Å². The van der Waals surface area contributed by atoms with Crippen molar-refractivity contribution in [1.82, 2.24) is 0 Å². The summed E-state index contributed by atoms with van der Waals surface area (Å²) in [4.78, 5) is 12.7. The van der Waals surface area contributed by atoms with E-state index in [0.717, 1.165) is 15.7 Å². The minimum Gasteiger partial charge on any atom is -0.378 e. The predicted octanol–water partition coefficient (Wildman–Crippen LogP) is 7.32. The van der Waals surface area contributed by atoms with E-state index in [0.29, 0.717) is 15.6 Å². The maximum atomic E-state index is 13.1. The van der Waals surface area contributed by atoms with Gasteiger partial charge in [-0.15, -0.1) is 0 Å². The normalized spacial score (nSPS) is 11.9. The monoisotopic (exact) mass is 465 g/mol. The maximum Gasteiger partial charge on any atom is 0.165 e. The molecule has 0 aliphatic rings. The van der Waals surface area contributed by atoms with E-state index in [2.05, 4.69) is 21.2 Å². The Hall–Kier alpha value is -1.88. The Kier molecular flexibility index (Phi) is 6.53. The van der Waals surface area contributed by atoms with Crippen LogP contribution in [0.5, 0.6) is 0 Å². The molecule has 0 spiro atoms. The Labute approximate surface area is 175 Å². The van der Waals surface area contributed by atoms with Crippen LogP contribution in [0.2, 0.25) is 10.0 Å². The highest BCUT2D eigenvalue weighted by Gasteiger charge is 2.18. The summed E-state index contributed by atoms with van der Waals surface area (Å²) < 4.78 is 14.1. The summed E-state index contributed by atoms with van der Waals surface area (Å²) >= 11 is 15.6. The summed E-state index contributed by atoms with van der Waals surface area (Å²) in [5.41, 5.74) is 2.16. The van der Waals surface area contributed by atoms with E-state index in [1.165, 1.54) is 24.3 Å². The summed E-state index contributed by atoms with van der Waals surface area (Å²) in [5, 5.41) is 4.24. The second-order valence-corrected chi connectivity index (χ2v) is 7.74. The van der Waals surface area contributed by atoms with Gasteiger partial charge >= 0.3 is 0 Å². The van der Waals surface area contributed by atoms with Crippen LogP contribution in [0.3, 0.4) is 0 Å². The highest BCUT2D eigenvalue weighted by Crippen LogP contribution is 2.30. The lowest BCUT2D eigenvalue weighted by Gasteiger charge is -2.21. The molecule has 0 radical (unpaired) electrons. The molecular formula is C21H15BrCl2FNO. The predicted molar refractivity (Wildman–Crippen MR) is 112 cm³/mol. The van der Waals surface area contributed by atoms with Gasteiger partial charge in [-0.25, -0.2) is 4.39 Å². The molecule has 0 saturated carbocycles. The van der Waals surface area contributed by atoms with Crippen molar-refractivity contribution in [2.45, 2.75) is 12.5 Å². The topological polar surface area (TPSA) is 29.1 Å². The number of carbonyl (C=O) groups is 1. The third kappa shape index (κ3) is 5.32. The molecule has 0 fully saturated rings. The van der Waals surface area contributed by atoms with E-state index >= 15 is 0 Å². The lowest BCUT2D eigenvalue weighted by molar-refractivity contribution is 0.0976. The fraction of sp³-hybridized carbons (Fsp3) is 0.0952. The summed E-state index contributed by atoms with van der Waals surface area (Å²) in [5.74, 6) is -0.476. The molecule has 1 N–H and O–H groups in total. The van der Waals surface area contributed by atoms with Gasteiger partial charge in [-0.2, -0.15) is 0 Å². The molecule has 27 heavy (non-hydrogen) atoms. The second-order valence-electron chi connectivity index (χ2n) is 6.01. The molecule has 0 aliphatic heterocycles. The van der Waals surface area contributed by atoms with Gasteiger partial charge in [0, 0.05) is 22.1 Å². The second kappa shape index (κ2) is 8.87. The van der Waals surface area contributed by atoms with Gasteiger partial charge in [-0.05, 0) is 66.2 Å². The number of anilines is 1. The number of benzene rings is 3. The Morgan fingerprint density at radius 3 is 2.26 bits per heavy atom. The molecule has 0 amide bonds. The van der Waals surface area contributed by atoms with Crippen molar-refractivity contribution in [3.05, 3.63) is 98.2 Å². The molecule has 3 aromatic carbocycles. The molecule has 2 nitrogen and oxygen atoms in total. The lowest BCUT2D eigenvalue weighted by Crippen LogP contribution is -2.16. The van der Waals surface area contributed by atoms with Gasteiger partial charge in [0.1, 0.15) is 5.82 Å². The van der Waals surface area contributed by atoms with Crippen LogP contribution in [0.25, 0.3) is 0 Å². The molecule has 3 aromatic rings. The van der Waals surface area contributed by atoms with E-state index < -0.39 is 0 Å². The highest BCUT2D eigenvalue weighted by atomic mass is 79.9. The van der Waals surface area contributed by atoms with E-state index in [4.69, 9.17) is 23.2 Å². The van der Waals surface area contributed by atoms with Crippen LogP contribution < -0.4 is 5.32 Å². The van der Waals surface area contributed by atoms with Crippen LogP contribution in [0.1, 0.15) is 28.4 Å². The summed E-state index contributed by atoms with van der Waals surface area (Å²) in [6.45, 7) is 0. The van der Waals surface area contributed by atoms with Crippen LogP contribution in [0.15, 0.2) is 71.2 Å². The molecule has 0 heterocycles. The quantitative estimate of drug-likeness (QED) is 0.385. The molecule has 0 saturated heterocycles. The lowest BCUT2D eigenvalue weighted by atomic mass is 9.97. The van der Waals surface area contributed by atoms with Crippen LogP contribution in [-0.2, 0) is 0 Å². The Balaban J connectivity index is 1.88. The van der Waals surface area contributed by atoms with E-state index in [9.17, 15) is 9.18 Å². The first kappa shape index (κ1) is 19.9. The SMILES string of the molecule is O=C(CC(Nc1ccc(Br)cc1)c1ccc(Cl)c(Cl)c1)c1ccc(F)cc1. The summed E-state index contributed by atoms with van der Waals surface area (Å²) in [7, 11) is 0. The fourth-order valence-electron chi connectivity index (χ4n) is 2.67. The van der Waals surface area contributed by atoms with Gasteiger partial charge in [0.15, 0.2) is 5.78 Å². The average Bonchev–Trinajstić information content (AvgIpc) is 2.65. The van der Waals surface area contributed by atoms with Crippen LogP contribution >= 0.6 is 39.1 Å². The molecule has 3 rings (SSSR count). The zero-order valence-electron chi connectivity index (χ0n) is 14.1. The van der Waals surface area contributed by atoms with Crippen molar-refractivity contribution in [2.75, 3.05) is 5.32 Å². The summed E-state index contributed by atoms with van der Waals surface area (Å²) in [6, 6.07) is 18.2. The Bertz CT molecular complexity index is 945. The number of halogens is 4. The van der Waals surface area contributed by atoms with Crippen molar-refractivity contribution >= 4 is 50.6 Å². The maximum absolute atomic E-state index is 13.1. The van der Waals surface area contributed by atoms with Gasteiger partial charge in [0.2, 0.25) is 0 Å². The van der Waals surface area contributed by atoms with Gasteiger partial charge in [-0.3, -0.25) is 4.79 Å². The number of hydrogen-bond donors (Lipinski definition) is 1. The number of nitrogens with one attached hydrogen (secondary N) is 1. The molecule has 0 aliphatic carbocycles. The fourth-order valence-corrected chi connectivity index (χ4v) is 3.24. The third-order valence-corrected chi connectivity index (χ3v) is 5.35. The summed E-state index contributed by atoms with van der Waals surface area (Å²) in [6.07, 6.45) is 0.180. The molecule has 6 heteroatoms. The van der Waals surface area contributed by atoms with Crippen molar-refractivity contribution in [3.8, 4) is 0 Å². The molecule has 138 valence electrons. The van der Waals surface area contributed by atoms with Crippen molar-refractivity contribution < 1.29 is 9.18 Å². The van der Waals surface area contributed by atoms with Crippen LogP contribution in [-0.4, -0.2) is 5.78 Å². The first-order valence-corrected chi connectivity index (χ1v) is 9.73.